The molecule has 0 bridgehead atoms. The number of carbonyl (C=O) groups excluding carboxylic acids is 2. The van der Waals surface area contributed by atoms with Crippen LogP contribution in [0.2, 0.25) is 10.0 Å². The van der Waals surface area contributed by atoms with Gasteiger partial charge in [-0.3, -0.25) is 9.59 Å². The smallest absolute Gasteiger partial charge is 0.257 e. The van der Waals surface area contributed by atoms with E-state index in [1.54, 1.807) is 18.2 Å². The van der Waals surface area contributed by atoms with Crippen LogP contribution in [0.15, 0.2) is 42.5 Å². The molecule has 2 fully saturated rings. The number of anilines is 2. The van der Waals surface area contributed by atoms with E-state index in [0.29, 0.717) is 33.8 Å². The summed E-state index contributed by atoms with van der Waals surface area (Å²) < 4.78 is 21.3. The van der Waals surface area contributed by atoms with Crippen molar-refractivity contribution in [3.63, 3.8) is 0 Å². The van der Waals surface area contributed by atoms with Gasteiger partial charge in [0.05, 0.1) is 43.0 Å². The first-order chi connectivity index (χ1) is 19.7. The number of benzene rings is 3. The molecule has 41 heavy (non-hydrogen) atoms. The lowest BCUT2D eigenvalue weighted by Gasteiger charge is -2.15. The van der Waals surface area contributed by atoms with Gasteiger partial charge in [-0.05, 0) is 55.5 Å². The molecular weight excluding hydrogens is 588 g/mol. The van der Waals surface area contributed by atoms with Gasteiger partial charge in [0.1, 0.15) is 28.9 Å². The Labute approximate surface area is 247 Å². The molecule has 12 heteroatoms. The van der Waals surface area contributed by atoms with Crippen LogP contribution >= 0.6 is 34.5 Å². The van der Waals surface area contributed by atoms with E-state index < -0.39 is 17.1 Å². The average Bonchev–Trinajstić information content (AvgIpc) is 3.88. The highest BCUT2D eigenvalue weighted by Gasteiger charge is 2.46. The number of nitrogens with zero attached hydrogens (tertiary/aromatic N) is 3. The fourth-order valence-electron chi connectivity index (χ4n) is 4.43. The van der Waals surface area contributed by atoms with E-state index in [1.165, 1.54) is 18.2 Å². The van der Waals surface area contributed by atoms with Crippen molar-refractivity contribution in [2.24, 2.45) is 5.92 Å². The van der Waals surface area contributed by atoms with Crippen molar-refractivity contribution in [2.45, 2.75) is 31.1 Å². The maximum atomic E-state index is 14.9. The molecule has 0 aliphatic heterocycles. The molecule has 2 N–H and O–H groups in total. The standard InChI is InChI=1S/C29H18Cl2FN5O3S/c30-18-10-19(32)21(35-27(39)15-2-1-3-17(24(15)31)29(13-34)8-9-29)11-23(18)40-22-7-6-20-25(16(22)12-33)41-28(36-20)37-26(38)14-4-5-14/h1-3,6-7,10-11,14H,4-5,8-9H2,(H,35,39)(H,36,37,38). The minimum Gasteiger partial charge on any atom is -0.454 e. The minimum atomic E-state index is -0.812. The van der Waals surface area contributed by atoms with Crippen LogP contribution in [0, 0.1) is 34.4 Å². The van der Waals surface area contributed by atoms with Gasteiger partial charge >= 0.3 is 0 Å². The average molecular weight is 606 g/mol. The van der Waals surface area contributed by atoms with Crippen molar-refractivity contribution in [1.29, 1.82) is 10.5 Å². The van der Waals surface area contributed by atoms with Gasteiger partial charge in [-0.25, -0.2) is 9.37 Å². The zero-order valence-corrected chi connectivity index (χ0v) is 23.4. The third-order valence-electron chi connectivity index (χ3n) is 7.02. The number of thiazole rings is 1. The lowest BCUT2D eigenvalue weighted by Crippen LogP contribution is -2.15. The van der Waals surface area contributed by atoms with E-state index >= 15 is 0 Å². The van der Waals surface area contributed by atoms with Gasteiger partial charge in [-0.15, -0.1) is 0 Å². The van der Waals surface area contributed by atoms with Crippen LogP contribution in [-0.2, 0) is 10.2 Å². The number of hydrogen-bond donors (Lipinski definition) is 2. The molecule has 0 atom stereocenters. The SMILES string of the molecule is N#Cc1c(Oc2cc(NC(=O)c3cccc(C4(C#N)CC4)c3Cl)c(F)cc2Cl)ccc2nc(NC(=O)C3CC3)sc12. The zero-order chi connectivity index (χ0) is 28.9. The maximum absolute atomic E-state index is 14.9. The number of nitriles is 2. The summed E-state index contributed by atoms with van der Waals surface area (Å²) in [6.45, 7) is 0. The first kappa shape index (κ1) is 27.0. The number of aromatic nitrogens is 1. The number of carbonyl (C=O) groups is 2. The molecule has 6 rings (SSSR count). The normalized spacial score (nSPS) is 15.0. The molecule has 0 radical (unpaired) electrons. The third kappa shape index (κ3) is 5.07. The quantitative estimate of drug-likeness (QED) is 0.223. The lowest BCUT2D eigenvalue weighted by molar-refractivity contribution is -0.117. The Morgan fingerprint density at radius 1 is 1.10 bits per heavy atom. The van der Waals surface area contributed by atoms with Crippen molar-refractivity contribution < 1.29 is 18.7 Å². The summed E-state index contributed by atoms with van der Waals surface area (Å²) in [6, 6.07) is 14.5. The summed E-state index contributed by atoms with van der Waals surface area (Å²) in [5.41, 5.74) is 0.391. The van der Waals surface area contributed by atoms with E-state index in [-0.39, 0.29) is 50.2 Å². The van der Waals surface area contributed by atoms with Gasteiger partial charge in [-0.2, -0.15) is 10.5 Å². The number of amides is 2. The van der Waals surface area contributed by atoms with Crippen LogP contribution < -0.4 is 15.4 Å². The van der Waals surface area contributed by atoms with Crippen LogP contribution in [0.3, 0.4) is 0 Å². The van der Waals surface area contributed by atoms with Gasteiger partial charge in [0.25, 0.3) is 5.91 Å². The van der Waals surface area contributed by atoms with Crippen molar-refractivity contribution in [3.8, 4) is 23.6 Å². The monoisotopic (exact) mass is 605 g/mol. The summed E-state index contributed by atoms with van der Waals surface area (Å²) in [6.07, 6.45) is 2.99. The molecule has 0 saturated heterocycles. The second-order valence-corrected chi connectivity index (χ2v) is 11.6. The predicted octanol–water partition coefficient (Wildman–Crippen LogP) is 7.56. The number of fused-ring (bicyclic) bond motifs is 1. The zero-order valence-electron chi connectivity index (χ0n) is 21.1. The summed E-state index contributed by atoms with van der Waals surface area (Å²) in [7, 11) is 0. The maximum Gasteiger partial charge on any atom is 0.257 e. The summed E-state index contributed by atoms with van der Waals surface area (Å²) >= 11 is 13.9. The highest BCUT2D eigenvalue weighted by atomic mass is 35.5. The fraction of sp³-hybridized carbons (Fsp3) is 0.207. The molecule has 2 aliphatic rings. The molecule has 2 aliphatic carbocycles. The van der Waals surface area contributed by atoms with Crippen LogP contribution in [-0.4, -0.2) is 16.8 Å². The van der Waals surface area contributed by atoms with Gasteiger partial charge in [0.2, 0.25) is 5.91 Å². The van der Waals surface area contributed by atoms with Crippen LogP contribution in [0.5, 0.6) is 11.5 Å². The number of halogens is 3. The Kier molecular flexibility index (Phi) is 6.79. The van der Waals surface area contributed by atoms with E-state index in [4.69, 9.17) is 27.9 Å². The second kappa shape index (κ2) is 10.3. The Morgan fingerprint density at radius 3 is 2.56 bits per heavy atom. The van der Waals surface area contributed by atoms with Crippen molar-refractivity contribution in [2.75, 3.05) is 10.6 Å². The molecule has 0 spiro atoms. The molecule has 1 aromatic heterocycles. The molecule has 2 saturated carbocycles. The number of ether oxygens (including phenoxy) is 1. The topological polar surface area (TPSA) is 128 Å². The Bertz CT molecular complexity index is 1850. The first-order valence-electron chi connectivity index (χ1n) is 12.6. The molecule has 204 valence electrons. The van der Waals surface area contributed by atoms with Gasteiger partial charge < -0.3 is 15.4 Å². The summed E-state index contributed by atoms with van der Waals surface area (Å²) in [5.74, 6) is -1.46. The van der Waals surface area contributed by atoms with E-state index in [2.05, 4.69) is 27.8 Å². The van der Waals surface area contributed by atoms with E-state index in [0.717, 1.165) is 30.2 Å². The highest BCUT2D eigenvalue weighted by molar-refractivity contribution is 7.22. The van der Waals surface area contributed by atoms with E-state index in [9.17, 15) is 24.5 Å². The third-order valence-corrected chi connectivity index (χ3v) is 8.73. The number of nitrogens with one attached hydrogen (secondary N) is 2. The van der Waals surface area contributed by atoms with Gasteiger partial charge in [0.15, 0.2) is 5.13 Å². The van der Waals surface area contributed by atoms with Crippen molar-refractivity contribution in [3.05, 3.63) is 75.0 Å². The molecule has 1 heterocycles. The summed E-state index contributed by atoms with van der Waals surface area (Å²) in [4.78, 5) is 29.6. The largest absolute Gasteiger partial charge is 0.454 e. The van der Waals surface area contributed by atoms with Crippen molar-refractivity contribution >= 4 is 67.4 Å². The molecule has 8 nitrogen and oxygen atoms in total. The fourth-order valence-corrected chi connectivity index (χ4v) is 5.96. The predicted molar refractivity (Wildman–Crippen MR) is 153 cm³/mol. The van der Waals surface area contributed by atoms with Crippen LogP contribution in [0.25, 0.3) is 10.2 Å². The summed E-state index contributed by atoms with van der Waals surface area (Å²) in [5, 5.41) is 25.2. The first-order valence-corrected chi connectivity index (χ1v) is 14.1. The molecular formula is C29H18Cl2FN5O3S. The van der Waals surface area contributed by atoms with Crippen LogP contribution in [0.4, 0.5) is 15.2 Å². The molecule has 0 unspecified atom stereocenters. The van der Waals surface area contributed by atoms with E-state index in [1.807, 2.05) is 0 Å². The second-order valence-electron chi connectivity index (χ2n) is 9.86. The van der Waals surface area contributed by atoms with Gasteiger partial charge in [-0.1, -0.05) is 46.7 Å². The number of hydrogen-bond acceptors (Lipinski definition) is 7. The van der Waals surface area contributed by atoms with Crippen molar-refractivity contribution in [1.82, 2.24) is 4.98 Å². The lowest BCUT2D eigenvalue weighted by atomic mass is 9.95. The Hall–Kier alpha value is -4.22. The van der Waals surface area contributed by atoms with Gasteiger partial charge in [0, 0.05) is 12.0 Å². The molecule has 2 amide bonds. The Morgan fingerprint density at radius 2 is 1.88 bits per heavy atom. The minimum absolute atomic E-state index is 0.000925. The molecule has 3 aromatic carbocycles. The molecule has 4 aromatic rings. The Balaban J connectivity index is 1.27. The van der Waals surface area contributed by atoms with Crippen LogP contribution in [0.1, 0.15) is 47.2 Å². The number of rotatable bonds is 7. The highest BCUT2D eigenvalue weighted by Crippen LogP contribution is 2.50.